The Labute approximate surface area is 338 Å². The van der Waals surface area contributed by atoms with Crippen LogP contribution in [0.3, 0.4) is 0 Å². The summed E-state index contributed by atoms with van der Waals surface area (Å²) in [5.74, 6) is 0.148. The van der Waals surface area contributed by atoms with E-state index in [0.29, 0.717) is 18.3 Å². The van der Waals surface area contributed by atoms with Crippen molar-refractivity contribution >= 4 is 5.97 Å². The molecule has 2 aliphatic heterocycles. The molecule has 326 valence electrons. The molecule has 0 bridgehead atoms. The SMILES string of the molecule is CCOC(=O)[C@H]1O[C@@H](O[C@H]2CC[C@@]3(C)[C@H](CC[C@]4(C)[C@@H]3CC=C3[C@H]5CC(C)(C)C[C@@H](O)[C@]5(C)CC[C@]34C)C2(C)C)[C@H](O[C@@H]2O[C@H](CO)[C@H](O)[C@H](O)[C@H]2O)[C@@H](O)[C@@H]1O. The third-order valence-electron chi connectivity index (χ3n) is 17.6. The minimum atomic E-state index is -1.79. The van der Waals surface area contributed by atoms with Crippen molar-refractivity contribution in [2.75, 3.05) is 13.2 Å². The Morgan fingerprint density at radius 3 is 2.12 bits per heavy atom. The monoisotopic (exact) mass is 808 g/mol. The lowest BCUT2D eigenvalue weighted by atomic mass is 9.33. The molecule has 2 saturated heterocycles. The summed E-state index contributed by atoms with van der Waals surface area (Å²) in [5, 5.41) is 75.6. The number of hydrogen-bond donors (Lipinski definition) is 7. The first kappa shape index (κ1) is 43.8. The number of hydrogen-bond acceptors (Lipinski definition) is 13. The van der Waals surface area contributed by atoms with Crippen molar-refractivity contribution < 1.29 is 64.2 Å². The predicted octanol–water partition coefficient (Wildman–Crippen LogP) is 3.36. The van der Waals surface area contributed by atoms with Gasteiger partial charge in [0.05, 0.1) is 25.4 Å². The van der Waals surface area contributed by atoms with Crippen LogP contribution in [0.1, 0.15) is 120 Å². The van der Waals surface area contributed by atoms with Gasteiger partial charge in [-0.1, -0.05) is 67.0 Å². The zero-order valence-corrected chi connectivity index (χ0v) is 35.6. The highest BCUT2D eigenvalue weighted by Crippen LogP contribution is 2.76. The van der Waals surface area contributed by atoms with E-state index in [1.165, 1.54) is 0 Å². The molecule has 0 aromatic carbocycles. The van der Waals surface area contributed by atoms with Crippen molar-refractivity contribution in [3.63, 3.8) is 0 Å². The molecular formula is C44H72O13. The molecular weight excluding hydrogens is 736 g/mol. The van der Waals surface area contributed by atoms with E-state index in [2.05, 4.69) is 61.5 Å². The maximum absolute atomic E-state index is 13.0. The topological polar surface area (TPSA) is 205 Å². The van der Waals surface area contributed by atoms with E-state index in [1.54, 1.807) is 12.5 Å². The van der Waals surface area contributed by atoms with Crippen LogP contribution in [-0.4, -0.2) is 129 Å². The molecule has 0 radical (unpaired) electrons. The molecule has 7 rings (SSSR count). The van der Waals surface area contributed by atoms with Gasteiger partial charge in [-0.2, -0.15) is 0 Å². The van der Waals surface area contributed by atoms with Crippen molar-refractivity contribution in [2.45, 2.75) is 194 Å². The van der Waals surface area contributed by atoms with E-state index in [-0.39, 0.29) is 45.7 Å². The number of carbonyl (C=O) groups is 1. The first-order valence-electron chi connectivity index (χ1n) is 21.7. The summed E-state index contributed by atoms with van der Waals surface area (Å²) < 4.78 is 29.8. The average molecular weight is 809 g/mol. The molecule has 0 unspecified atom stereocenters. The van der Waals surface area contributed by atoms with E-state index in [9.17, 15) is 40.5 Å². The van der Waals surface area contributed by atoms with E-state index in [4.69, 9.17) is 23.7 Å². The van der Waals surface area contributed by atoms with Crippen LogP contribution in [0.5, 0.6) is 0 Å². The van der Waals surface area contributed by atoms with Crippen molar-refractivity contribution in [1.82, 2.24) is 0 Å². The lowest BCUT2D eigenvalue weighted by Gasteiger charge is -2.71. The number of fused-ring (bicyclic) bond motifs is 7. The Morgan fingerprint density at radius 2 is 1.46 bits per heavy atom. The van der Waals surface area contributed by atoms with Gasteiger partial charge in [-0.05, 0) is 110 Å². The first-order valence-corrected chi connectivity index (χ1v) is 21.7. The number of allylic oxidation sites excluding steroid dienone is 2. The first-order chi connectivity index (χ1) is 26.5. The molecule has 0 amide bonds. The molecule has 0 spiro atoms. The highest BCUT2D eigenvalue weighted by molar-refractivity contribution is 5.75. The van der Waals surface area contributed by atoms with E-state index >= 15 is 0 Å². The van der Waals surface area contributed by atoms with Gasteiger partial charge in [0.2, 0.25) is 0 Å². The summed E-state index contributed by atoms with van der Waals surface area (Å²) in [6.07, 6.45) is -5.72. The third-order valence-corrected chi connectivity index (χ3v) is 17.6. The van der Waals surface area contributed by atoms with E-state index in [1.807, 2.05) is 0 Å². The number of esters is 1. The van der Waals surface area contributed by atoms with Crippen LogP contribution in [0.4, 0.5) is 0 Å². The maximum Gasteiger partial charge on any atom is 0.338 e. The molecule has 57 heavy (non-hydrogen) atoms. The second-order valence-corrected chi connectivity index (χ2v) is 21.4. The standard InChI is InChI=1S/C44H72O13/c1-10-53-36(52)34-31(49)32(50)35(57-37-33(51)30(48)29(47)24(21-45)54-37)38(56-34)55-28-14-15-42(7)25(40(28,4)5)13-16-44(9)26(42)12-11-22-23-19-39(2,3)20-27(46)41(23,6)17-18-43(22,44)8/h11,23-35,37-38,45-51H,10,12-21H2,1-9H3/t23-,24-,25-,26-,27-,28+,29+,30+,31+,32+,33-,34+,35-,37+,38-,41-,42+,43-,44-/m1/s1. The molecule has 7 aliphatic rings. The Bertz CT molecular complexity index is 1530. The average Bonchev–Trinajstić information content (AvgIpc) is 3.13. The van der Waals surface area contributed by atoms with Gasteiger partial charge in [-0.15, -0.1) is 0 Å². The van der Waals surface area contributed by atoms with Gasteiger partial charge in [0, 0.05) is 5.41 Å². The Balaban J connectivity index is 1.16. The van der Waals surface area contributed by atoms with Gasteiger partial charge < -0.3 is 59.4 Å². The fourth-order valence-electron chi connectivity index (χ4n) is 13.9. The minimum absolute atomic E-state index is 0.0166. The summed E-state index contributed by atoms with van der Waals surface area (Å²) >= 11 is 0. The number of carbonyl (C=O) groups excluding carboxylic acids is 1. The number of rotatable bonds is 7. The van der Waals surface area contributed by atoms with Crippen LogP contribution in [-0.2, 0) is 28.5 Å². The van der Waals surface area contributed by atoms with Crippen LogP contribution < -0.4 is 0 Å². The predicted molar refractivity (Wildman–Crippen MR) is 207 cm³/mol. The van der Waals surface area contributed by atoms with Crippen LogP contribution in [0, 0.1) is 50.2 Å². The van der Waals surface area contributed by atoms with Crippen LogP contribution >= 0.6 is 0 Å². The van der Waals surface area contributed by atoms with Crippen molar-refractivity contribution in [3.8, 4) is 0 Å². The molecule has 0 aromatic rings. The third kappa shape index (κ3) is 6.71. The highest BCUT2D eigenvalue weighted by atomic mass is 16.8. The number of aliphatic hydroxyl groups excluding tert-OH is 7. The van der Waals surface area contributed by atoms with Gasteiger partial charge in [0.15, 0.2) is 18.7 Å². The molecule has 5 aliphatic carbocycles. The summed E-state index contributed by atoms with van der Waals surface area (Å²) in [4.78, 5) is 13.0. The Kier molecular flexibility index (Phi) is 11.5. The summed E-state index contributed by atoms with van der Waals surface area (Å²) in [5.41, 5.74) is 1.18. The van der Waals surface area contributed by atoms with Crippen molar-refractivity contribution in [3.05, 3.63) is 11.6 Å². The van der Waals surface area contributed by atoms with Crippen molar-refractivity contribution in [2.24, 2.45) is 50.2 Å². The fourth-order valence-corrected chi connectivity index (χ4v) is 13.9. The second kappa shape index (κ2) is 15.0. The Hall–Kier alpha value is -1.23. The molecule has 13 nitrogen and oxygen atoms in total. The molecule has 13 heteroatoms. The van der Waals surface area contributed by atoms with Crippen LogP contribution in [0.15, 0.2) is 11.6 Å². The quantitative estimate of drug-likeness (QED) is 0.112. The fraction of sp³-hybridized carbons (Fsp3) is 0.932. The van der Waals surface area contributed by atoms with Gasteiger partial charge in [-0.25, -0.2) is 4.79 Å². The van der Waals surface area contributed by atoms with Crippen LogP contribution in [0.2, 0.25) is 0 Å². The number of aliphatic hydroxyl groups is 7. The zero-order chi connectivity index (χ0) is 41.8. The molecule has 7 N–H and O–H groups in total. The van der Waals surface area contributed by atoms with E-state index in [0.717, 1.165) is 51.4 Å². The molecule has 4 saturated carbocycles. The van der Waals surface area contributed by atoms with Crippen LogP contribution in [0.25, 0.3) is 0 Å². The summed E-state index contributed by atoms with van der Waals surface area (Å²) in [7, 11) is 0. The summed E-state index contributed by atoms with van der Waals surface area (Å²) in [6.45, 7) is 19.9. The van der Waals surface area contributed by atoms with Crippen molar-refractivity contribution in [1.29, 1.82) is 0 Å². The molecule has 6 fully saturated rings. The minimum Gasteiger partial charge on any atom is -0.464 e. The van der Waals surface area contributed by atoms with Gasteiger partial charge in [0.1, 0.15) is 42.7 Å². The highest BCUT2D eigenvalue weighted by Gasteiger charge is 2.69. The summed E-state index contributed by atoms with van der Waals surface area (Å²) in [6, 6.07) is 0. The largest absolute Gasteiger partial charge is 0.464 e. The van der Waals surface area contributed by atoms with Gasteiger partial charge in [0.25, 0.3) is 0 Å². The Morgan fingerprint density at radius 1 is 0.754 bits per heavy atom. The normalized spacial score (nSPS) is 53.0. The van der Waals surface area contributed by atoms with Gasteiger partial charge in [-0.3, -0.25) is 0 Å². The molecule has 2 heterocycles. The lowest BCUT2D eigenvalue weighted by molar-refractivity contribution is -0.374. The van der Waals surface area contributed by atoms with E-state index < -0.39 is 85.5 Å². The lowest BCUT2D eigenvalue weighted by Crippen LogP contribution is -2.67. The molecule has 19 atom stereocenters. The second-order valence-electron chi connectivity index (χ2n) is 21.4. The van der Waals surface area contributed by atoms with Gasteiger partial charge >= 0.3 is 5.97 Å². The zero-order valence-electron chi connectivity index (χ0n) is 35.6. The smallest absolute Gasteiger partial charge is 0.338 e. The maximum atomic E-state index is 13.0. The molecule has 0 aromatic heterocycles. The number of ether oxygens (including phenoxy) is 5.